The average Bonchev–Trinajstić information content (AvgIpc) is 3.54. The minimum Gasteiger partial charge on any atom is -0.480 e. The van der Waals surface area contributed by atoms with Crippen molar-refractivity contribution < 1.29 is 33.9 Å². The SMILES string of the molecule is CC(C)[C@@H]1C[C@@H](C(=O)NCC(=O)C(N)=O)N(C(=O)[C@@H](NC(=O)NC2(C(=O)O)CCCC2)C2CCCCC2)C1. The molecule has 0 unspecified atom stereocenters. The molecule has 2 aliphatic carbocycles. The molecule has 12 heteroatoms. The van der Waals surface area contributed by atoms with E-state index in [1.54, 1.807) is 0 Å². The fourth-order valence-corrected chi connectivity index (χ4v) is 6.01. The molecule has 5 amide bonds. The van der Waals surface area contributed by atoms with Crippen LogP contribution in [0.15, 0.2) is 0 Å². The van der Waals surface area contributed by atoms with Gasteiger partial charge in [0.05, 0.1) is 6.54 Å². The van der Waals surface area contributed by atoms with Gasteiger partial charge in [-0.15, -0.1) is 0 Å². The third-order valence-corrected chi connectivity index (χ3v) is 8.45. The molecule has 0 radical (unpaired) electrons. The molecule has 3 rings (SSSR count). The van der Waals surface area contributed by atoms with E-state index in [-0.39, 0.29) is 17.8 Å². The van der Waals surface area contributed by atoms with Crippen molar-refractivity contribution in [2.24, 2.45) is 23.5 Å². The number of carboxylic acids is 1. The van der Waals surface area contributed by atoms with Gasteiger partial charge in [0.1, 0.15) is 17.6 Å². The summed E-state index contributed by atoms with van der Waals surface area (Å²) in [6, 6.07) is -2.49. The third kappa shape index (κ3) is 6.82. The third-order valence-electron chi connectivity index (χ3n) is 8.45. The van der Waals surface area contributed by atoms with Crippen LogP contribution in [0.3, 0.4) is 0 Å². The number of nitrogens with one attached hydrogen (secondary N) is 3. The summed E-state index contributed by atoms with van der Waals surface area (Å²) >= 11 is 0. The lowest BCUT2D eigenvalue weighted by molar-refractivity contribution is -0.144. The Kier molecular flexibility index (Phi) is 9.72. The van der Waals surface area contributed by atoms with Gasteiger partial charge in [0.25, 0.3) is 5.91 Å². The molecule has 1 saturated heterocycles. The molecule has 3 atom stereocenters. The van der Waals surface area contributed by atoms with Crippen LogP contribution in [0.25, 0.3) is 0 Å². The van der Waals surface area contributed by atoms with Gasteiger partial charge in [-0.25, -0.2) is 9.59 Å². The molecular weight excluding hydrogens is 494 g/mol. The molecular formula is C26H41N5O7. The number of nitrogens with two attached hydrogens (primary N) is 1. The molecule has 0 aromatic rings. The number of carbonyl (C=O) groups excluding carboxylic acids is 5. The molecule has 2 saturated carbocycles. The minimum absolute atomic E-state index is 0.0242. The maximum atomic E-state index is 14.0. The lowest BCUT2D eigenvalue weighted by atomic mass is 9.83. The molecule has 1 aliphatic heterocycles. The molecule has 212 valence electrons. The highest BCUT2D eigenvalue weighted by Crippen LogP contribution is 2.34. The number of aliphatic carboxylic acids is 1. The number of amides is 5. The summed E-state index contributed by atoms with van der Waals surface area (Å²) in [6.45, 7) is 3.76. The lowest BCUT2D eigenvalue weighted by Crippen LogP contribution is -2.61. The Morgan fingerprint density at radius 3 is 2.16 bits per heavy atom. The molecule has 0 bridgehead atoms. The van der Waals surface area contributed by atoms with E-state index >= 15 is 0 Å². The second-order valence-electron chi connectivity index (χ2n) is 11.3. The van der Waals surface area contributed by atoms with Crippen molar-refractivity contribution in [3.8, 4) is 0 Å². The fourth-order valence-electron chi connectivity index (χ4n) is 6.01. The molecule has 38 heavy (non-hydrogen) atoms. The number of hydrogen-bond donors (Lipinski definition) is 5. The first-order valence-corrected chi connectivity index (χ1v) is 13.7. The van der Waals surface area contributed by atoms with Gasteiger partial charge in [0, 0.05) is 6.54 Å². The van der Waals surface area contributed by atoms with Gasteiger partial charge in [-0.3, -0.25) is 19.2 Å². The first kappa shape index (κ1) is 29.4. The van der Waals surface area contributed by atoms with Crippen molar-refractivity contribution in [3.63, 3.8) is 0 Å². The van der Waals surface area contributed by atoms with Crippen LogP contribution in [0.5, 0.6) is 0 Å². The lowest BCUT2D eigenvalue weighted by Gasteiger charge is -2.35. The standard InChI is InChI=1S/C26H41N5O7/c1-15(2)17-12-18(22(34)28-13-19(32)21(27)33)31(14-17)23(35)20(16-8-4-3-5-9-16)29-25(38)30-26(24(36)37)10-6-7-11-26/h15-18,20H,3-14H2,1-2H3,(H2,27,33)(H,28,34)(H,36,37)(H2,29,30,38)/t17-,18+,20+/m1/s1. The summed E-state index contributed by atoms with van der Waals surface area (Å²) in [5.74, 6) is -4.08. The molecule has 6 N–H and O–H groups in total. The van der Waals surface area contributed by atoms with Crippen LogP contribution in [0.2, 0.25) is 0 Å². The minimum atomic E-state index is -1.35. The van der Waals surface area contributed by atoms with Crippen LogP contribution in [0, 0.1) is 17.8 Å². The van der Waals surface area contributed by atoms with Crippen LogP contribution >= 0.6 is 0 Å². The number of Topliss-reactive ketones (excluding diaryl/α,β-unsaturated/α-hetero) is 1. The number of ketones is 1. The predicted octanol–water partition coefficient (Wildman–Crippen LogP) is 0.676. The van der Waals surface area contributed by atoms with Crippen molar-refractivity contribution in [3.05, 3.63) is 0 Å². The number of urea groups is 1. The maximum Gasteiger partial charge on any atom is 0.329 e. The monoisotopic (exact) mass is 535 g/mol. The van der Waals surface area contributed by atoms with Crippen molar-refractivity contribution in [1.29, 1.82) is 0 Å². The number of rotatable bonds is 10. The van der Waals surface area contributed by atoms with Crippen molar-refractivity contribution in [1.82, 2.24) is 20.9 Å². The summed E-state index contributed by atoms with van der Waals surface area (Å²) < 4.78 is 0. The summed E-state index contributed by atoms with van der Waals surface area (Å²) in [4.78, 5) is 76.3. The van der Waals surface area contributed by atoms with Gasteiger partial charge >= 0.3 is 12.0 Å². The number of carbonyl (C=O) groups is 6. The van der Waals surface area contributed by atoms with Gasteiger partial charge in [-0.2, -0.15) is 0 Å². The predicted molar refractivity (Wildman–Crippen MR) is 137 cm³/mol. The van der Waals surface area contributed by atoms with Gasteiger partial charge in [-0.1, -0.05) is 46.0 Å². The molecule has 3 fully saturated rings. The quantitative estimate of drug-likeness (QED) is 0.254. The second kappa shape index (κ2) is 12.6. The summed E-state index contributed by atoms with van der Waals surface area (Å²) in [5, 5.41) is 17.6. The van der Waals surface area contributed by atoms with Gasteiger partial charge < -0.3 is 31.7 Å². The number of likely N-dealkylation sites (tertiary alicyclic amines) is 1. The van der Waals surface area contributed by atoms with E-state index in [9.17, 15) is 33.9 Å². The van der Waals surface area contributed by atoms with Crippen molar-refractivity contribution in [2.45, 2.75) is 95.7 Å². The summed E-state index contributed by atoms with van der Waals surface area (Å²) in [6.07, 6.45) is 6.72. The zero-order valence-corrected chi connectivity index (χ0v) is 22.3. The van der Waals surface area contributed by atoms with E-state index in [2.05, 4.69) is 16.0 Å². The Morgan fingerprint density at radius 2 is 1.61 bits per heavy atom. The number of primary amides is 1. The van der Waals surface area contributed by atoms with Crippen LogP contribution < -0.4 is 21.7 Å². The highest BCUT2D eigenvalue weighted by molar-refractivity contribution is 6.36. The van der Waals surface area contributed by atoms with Gasteiger partial charge in [0.2, 0.25) is 17.6 Å². The smallest absolute Gasteiger partial charge is 0.329 e. The zero-order chi connectivity index (χ0) is 28.0. The van der Waals surface area contributed by atoms with Crippen LogP contribution in [0.1, 0.15) is 78.1 Å². The molecule has 0 spiro atoms. The summed E-state index contributed by atoms with van der Waals surface area (Å²) in [7, 11) is 0. The van der Waals surface area contributed by atoms with Crippen LogP contribution in [-0.4, -0.2) is 76.2 Å². The number of carboxylic acid groups (broad SMARTS) is 1. The van der Waals surface area contributed by atoms with E-state index in [1.165, 1.54) is 4.90 Å². The van der Waals surface area contributed by atoms with Crippen molar-refractivity contribution >= 4 is 35.5 Å². The molecule has 0 aromatic carbocycles. The average molecular weight is 536 g/mol. The van der Waals surface area contributed by atoms with E-state index < -0.39 is 59.7 Å². The highest BCUT2D eigenvalue weighted by Gasteiger charge is 2.46. The number of hydrogen-bond acceptors (Lipinski definition) is 6. The topological polar surface area (TPSA) is 188 Å². The van der Waals surface area contributed by atoms with E-state index in [4.69, 9.17) is 5.73 Å². The number of nitrogens with zero attached hydrogens (tertiary/aromatic N) is 1. The van der Waals surface area contributed by atoms with Crippen LogP contribution in [0.4, 0.5) is 4.79 Å². The fraction of sp³-hybridized carbons (Fsp3) is 0.769. The Bertz CT molecular complexity index is 940. The highest BCUT2D eigenvalue weighted by atomic mass is 16.4. The molecule has 1 heterocycles. The first-order valence-electron chi connectivity index (χ1n) is 13.7. The van der Waals surface area contributed by atoms with Gasteiger partial charge in [-0.05, 0) is 49.9 Å². The maximum absolute atomic E-state index is 14.0. The Morgan fingerprint density at radius 1 is 0.974 bits per heavy atom. The van der Waals surface area contributed by atoms with E-state index in [1.807, 2.05) is 13.8 Å². The second-order valence-corrected chi connectivity index (χ2v) is 11.3. The van der Waals surface area contributed by atoms with E-state index in [0.29, 0.717) is 38.6 Å². The normalized spacial score (nSPS) is 24.0. The molecule has 0 aromatic heterocycles. The van der Waals surface area contributed by atoms with E-state index in [0.717, 1.165) is 32.1 Å². The first-order chi connectivity index (χ1) is 17.9. The van der Waals surface area contributed by atoms with Gasteiger partial charge in [0.15, 0.2) is 0 Å². The van der Waals surface area contributed by atoms with Crippen LogP contribution in [-0.2, 0) is 24.0 Å². The zero-order valence-electron chi connectivity index (χ0n) is 22.3. The molecule has 3 aliphatic rings. The summed E-state index contributed by atoms with van der Waals surface area (Å²) in [5.41, 5.74) is 3.63. The Labute approximate surface area is 222 Å². The largest absolute Gasteiger partial charge is 0.480 e. The Balaban J connectivity index is 1.81. The molecule has 12 nitrogen and oxygen atoms in total. The Hall–Kier alpha value is -3.18. The van der Waals surface area contributed by atoms with Crippen molar-refractivity contribution in [2.75, 3.05) is 13.1 Å².